The van der Waals surface area contributed by atoms with E-state index in [2.05, 4.69) is 26.2 Å². The third-order valence-electron chi connectivity index (χ3n) is 3.50. The van der Waals surface area contributed by atoms with Gasteiger partial charge in [-0.1, -0.05) is 0 Å². The molecule has 128 valence electrons. The van der Waals surface area contributed by atoms with Gasteiger partial charge in [-0.2, -0.15) is 0 Å². The van der Waals surface area contributed by atoms with Crippen molar-refractivity contribution in [1.29, 1.82) is 0 Å². The number of hydrogen-bond donors (Lipinski definition) is 2. The summed E-state index contributed by atoms with van der Waals surface area (Å²) in [6.45, 7) is 5.31. The van der Waals surface area contributed by atoms with E-state index in [4.69, 9.17) is 4.74 Å². The number of carbonyl (C=O) groups is 1. The fourth-order valence-corrected chi connectivity index (χ4v) is 2.68. The Bertz CT molecular complexity index is 820. The summed E-state index contributed by atoms with van der Waals surface area (Å²) in [5.41, 5.74) is 1.86. The first kappa shape index (κ1) is 18.2. The zero-order valence-electron chi connectivity index (χ0n) is 13.6. The second-order valence-corrected chi connectivity index (χ2v) is 6.35. The molecule has 1 amide bonds. The quantitative estimate of drug-likeness (QED) is 0.815. The van der Waals surface area contributed by atoms with Crippen molar-refractivity contribution in [2.24, 2.45) is 0 Å². The van der Waals surface area contributed by atoms with Crippen LogP contribution in [0.5, 0.6) is 5.75 Å². The van der Waals surface area contributed by atoms with Crippen LogP contribution in [0.4, 0.5) is 4.39 Å². The lowest BCUT2D eigenvalue weighted by Crippen LogP contribution is -2.37. The number of benzene rings is 1. The third kappa shape index (κ3) is 4.44. The zero-order valence-corrected chi connectivity index (χ0v) is 15.2. The fraction of sp³-hybridized carbons (Fsp3) is 0.294. The second kappa shape index (κ2) is 7.61. The van der Waals surface area contributed by atoms with E-state index in [-0.39, 0.29) is 18.0 Å². The van der Waals surface area contributed by atoms with Crippen molar-refractivity contribution in [3.05, 3.63) is 61.7 Å². The minimum Gasteiger partial charge on any atom is -0.480 e. The molecular weight excluding hydrogens is 379 g/mol. The molecule has 0 radical (unpaired) electrons. The summed E-state index contributed by atoms with van der Waals surface area (Å²) in [6, 6.07) is 5.80. The van der Waals surface area contributed by atoms with E-state index < -0.39 is 11.9 Å². The Morgan fingerprint density at radius 3 is 2.71 bits per heavy atom. The summed E-state index contributed by atoms with van der Waals surface area (Å²) >= 11 is 3.18. The number of ether oxygens (including phenoxy) is 1. The topological polar surface area (TPSA) is 71.2 Å². The number of aromatic nitrogens is 1. The highest BCUT2D eigenvalue weighted by Gasteiger charge is 2.17. The summed E-state index contributed by atoms with van der Waals surface area (Å²) < 4.78 is 19.0. The van der Waals surface area contributed by atoms with Crippen LogP contribution in [-0.2, 0) is 11.3 Å². The summed E-state index contributed by atoms with van der Waals surface area (Å²) in [7, 11) is 0. The van der Waals surface area contributed by atoms with Crippen LogP contribution in [0.3, 0.4) is 0 Å². The van der Waals surface area contributed by atoms with E-state index in [1.54, 1.807) is 13.8 Å². The van der Waals surface area contributed by atoms with Gasteiger partial charge >= 0.3 is 0 Å². The molecule has 1 atom stereocenters. The molecule has 1 aromatic heterocycles. The molecular formula is C17H18BrFN2O3. The Morgan fingerprint density at radius 1 is 1.38 bits per heavy atom. The van der Waals surface area contributed by atoms with Gasteiger partial charge in [-0.3, -0.25) is 9.59 Å². The molecule has 0 aliphatic heterocycles. The van der Waals surface area contributed by atoms with Crippen molar-refractivity contribution in [2.45, 2.75) is 33.4 Å². The maximum absolute atomic E-state index is 13.1. The van der Waals surface area contributed by atoms with Crippen molar-refractivity contribution in [2.75, 3.05) is 0 Å². The molecule has 0 fully saturated rings. The van der Waals surface area contributed by atoms with Gasteiger partial charge < -0.3 is 15.0 Å². The molecule has 0 saturated carbocycles. The molecule has 2 aromatic rings. The van der Waals surface area contributed by atoms with Crippen LogP contribution in [0.25, 0.3) is 0 Å². The maximum atomic E-state index is 13.1. The van der Waals surface area contributed by atoms with Crippen LogP contribution in [0, 0.1) is 19.7 Å². The molecule has 0 bridgehead atoms. The fourth-order valence-electron chi connectivity index (χ4n) is 2.24. The minimum atomic E-state index is -0.795. The van der Waals surface area contributed by atoms with Gasteiger partial charge in [-0.25, -0.2) is 4.39 Å². The highest BCUT2D eigenvalue weighted by atomic mass is 79.9. The Kier molecular flexibility index (Phi) is 5.77. The number of carbonyl (C=O) groups excluding carboxylic acids is 1. The number of rotatable bonds is 5. The van der Waals surface area contributed by atoms with Crippen molar-refractivity contribution in [3.63, 3.8) is 0 Å². The Morgan fingerprint density at radius 2 is 2.08 bits per heavy atom. The van der Waals surface area contributed by atoms with Crippen LogP contribution >= 0.6 is 15.9 Å². The van der Waals surface area contributed by atoms with Gasteiger partial charge in [0.2, 0.25) is 0 Å². The average Bonchev–Trinajstić information content (AvgIpc) is 2.48. The van der Waals surface area contributed by atoms with Gasteiger partial charge in [0.15, 0.2) is 6.10 Å². The van der Waals surface area contributed by atoms with Crippen molar-refractivity contribution in [3.8, 4) is 5.75 Å². The molecule has 0 saturated heterocycles. The number of amides is 1. The molecule has 0 aliphatic carbocycles. The minimum absolute atomic E-state index is 0.110. The number of aromatic amines is 1. The predicted molar refractivity (Wildman–Crippen MR) is 92.6 cm³/mol. The highest BCUT2D eigenvalue weighted by molar-refractivity contribution is 9.10. The van der Waals surface area contributed by atoms with Crippen molar-refractivity contribution >= 4 is 21.8 Å². The van der Waals surface area contributed by atoms with Crippen LogP contribution in [-0.4, -0.2) is 17.0 Å². The first-order valence-corrected chi connectivity index (χ1v) is 8.16. The predicted octanol–water partition coefficient (Wildman–Crippen LogP) is 2.98. The van der Waals surface area contributed by atoms with Gasteiger partial charge in [0, 0.05) is 17.8 Å². The van der Waals surface area contributed by atoms with E-state index in [0.717, 1.165) is 11.3 Å². The summed E-state index contributed by atoms with van der Waals surface area (Å²) in [4.78, 5) is 26.8. The van der Waals surface area contributed by atoms with Crippen LogP contribution < -0.4 is 15.6 Å². The number of nitrogens with one attached hydrogen (secondary N) is 2. The molecule has 1 heterocycles. The lowest BCUT2D eigenvalue weighted by molar-refractivity contribution is -0.127. The van der Waals surface area contributed by atoms with Crippen LogP contribution in [0.15, 0.2) is 33.5 Å². The molecule has 2 rings (SSSR count). The van der Waals surface area contributed by atoms with E-state index in [1.165, 1.54) is 18.2 Å². The summed E-state index contributed by atoms with van der Waals surface area (Å²) in [5, 5.41) is 2.68. The van der Waals surface area contributed by atoms with Gasteiger partial charge in [0.25, 0.3) is 11.5 Å². The Hall–Kier alpha value is -2.15. The molecule has 24 heavy (non-hydrogen) atoms. The van der Waals surface area contributed by atoms with Gasteiger partial charge in [0.05, 0.1) is 4.47 Å². The first-order chi connectivity index (χ1) is 11.3. The number of H-pyrrole nitrogens is 1. The number of halogens is 2. The highest BCUT2D eigenvalue weighted by Crippen LogP contribution is 2.26. The van der Waals surface area contributed by atoms with Crippen LogP contribution in [0.1, 0.15) is 23.7 Å². The van der Waals surface area contributed by atoms with E-state index in [1.807, 2.05) is 13.0 Å². The monoisotopic (exact) mass is 396 g/mol. The first-order valence-electron chi connectivity index (χ1n) is 7.36. The smallest absolute Gasteiger partial charge is 0.261 e. The molecule has 0 spiro atoms. The SMILES string of the molecule is Cc1cc(C)c(CNC(=O)C(C)Oc2ccc(F)cc2Br)c(=O)[nH]1. The van der Waals surface area contributed by atoms with Crippen molar-refractivity contribution < 1.29 is 13.9 Å². The summed E-state index contributed by atoms with van der Waals surface area (Å²) in [6.07, 6.45) is -0.795. The third-order valence-corrected chi connectivity index (χ3v) is 4.12. The number of aryl methyl sites for hydroxylation is 2. The summed E-state index contributed by atoms with van der Waals surface area (Å²) in [5.74, 6) is -0.408. The van der Waals surface area contributed by atoms with E-state index in [9.17, 15) is 14.0 Å². The molecule has 5 nitrogen and oxygen atoms in total. The number of hydrogen-bond acceptors (Lipinski definition) is 3. The average molecular weight is 397 g/mol. The van der Waals surface area contributed by atoms with Crippen LogP contribution in [0.2, 0.25) is 0 Å². The van der Waals surface area contributed by atoms with Gasteiger partial charge in [-0.15, -0.1) is 0 Å². The zero-order chi connectivity index (χ0) is 17.9. The van der Waals surface area contributed by atoms with E-state index >= 15 is 0 Å². The van der Waals surface area contributed by atoms with Gasteiger partial charge in [0.1, 0.15) is 11.6 Å². The lowest BCUT2D eigenvalue weighted by atomic mass is 10.1. The van der Waals surface area contributed by atoms with Gasteiger partial charge in [-0.05, 0) is 66.5 Å². The Balaban J connectivity index is 2.01. The molecule has 0 aliphatic rings. The number of pyridine rings is 1. The molecule has 7 heteroatoms. The second-order valence-electron chi connectivity index (χ2n) is 5.50. The molecule has 1 aromatic carbocycles. The van der Waals surface area contributed by atoms with E-state index in [0.29, 0.717) is 15.8 Å². The largest absolute Gasteiger partial charge is 0.480 e. The maximum Gasteiger partial charge on any atom is 0.261 e. The lowest BCUT2D eigenvalue weighted by Gasteiger charge is -2.16. The molecule has 2 N–H and O–H groups in total. The Labute approximate surface area is 147 Å². The standard InChI is InChI=1S/C17H18BrFN2O3/c1-9-6-10(2)21-17(23)13(9)8-20-16(22)11(3)24-15-5-4-12(19)7-14(15)18/h4-7,11H,8H2,1-3H3,(H,20,22)(H,21,23). The molecule has 1 unspecified atom stereocenters. The van der Waals surface area contributed by atoms with Crippen molar-refractivity contribution in [1.82, 2.24) is 10.3 Å². The normalized spacial score (nSPS) is 11.9.